The molecule has 14 heavy (non-hydrogen) atoms. The molecule has 0 aromatic carbocycles. The molecule has 0 rings (SSSR count). The first-order valence-corrected chi connectivity index (χ1v) is 2.78. The van der Waals surface area contributed by atoms with Gasteiger partial charge in [-0.1, -0.05) is 0 Å². The van der Waals surface area contributed by atoms with Crippen molar-refractivity contribution >= 4 is 17.9 Å². The van der Waals surface area contributed by atoms with Crippen molar-refractivity contribution in [3.8, 4) is 0 Å². The summed E-state index contributed by atoms with van der Waals surface area (Å²) in [5, 5.41) is 22.2. The van der Waals surface area contributed by atoms with Crippen molar-refractivity contribution in [3.63, 3.8) is 0 Å². The summed E-state index contributed by atoms with van der Waals surface area (Å²) in [6.45, 7) is 3.25. The summed E-state index contributed by atoms with van der Waals surface area (Å²) in [7, 11) is 0. The Morgan fingerprint density at radius 1 is 0.714 bits per heavy atom. The van der Waals surface area contributed by atoms with Gasteiger partial charge in [-0.3, -0.25) is 14.4 Å². The number of hydrogen-bond acceptors (Lipinski definition) is 4. The van der Waals surface area contributed by atoms with Crippen LogP contribution in [0.4, 0.5) is 0 Å². The van der Waals surface area contributed by atoms with Gasteiger partial charge in [0.2, 0.25) is 0 Å². The van der Waals surface area contributed by atoms with Gasteiger partial charge in [0.1, 0.15) is 0 Å². The van der Waals surface area contributed by atoms with Crippen molar-refractivity contribution in [2.24, 2.45) is 0 Å². The fraction of sp³-hybridized carbons (Fsp3) is 0.500. The summed E-state index contributed by atoms with van der Waals surface area (Å²) in [4.78, 5) is 27.0. The Kier molecular flexibility index (Phi) is 47.4. The number of carbonyl (C=O) groups is 3. The van der Waals surface area contributed by atoms with E-state index in [1.165, 1.54) is 0 Å². The Bertz CT molecular complexity index is 120. The molecule has 0 heterocycles. The van der Waals surface area contributed by atoms with E-state index in [9.17, 15) is 0 Å². The standard InChI is InChI=1S/3C2H4O2.H3N.Ni/c3*1-2(3)4;;/h3*1H3,(H,3,4);1H3;. The van der Waals surface area contributed by atoms with Crippen LogP contribution in [0, 0.1) is 0 Å². The summed E-state index contributed by atoms with van der Waals surface area (Å²) in [5.74, 6) is -2.50. The third-order valence-electron chi connectivity index (χ3n) is 0. The molecule has 0 atom stereocenters. The van der Waals surface area contributed by atoms with Crippen molar-refractivity contribution in [2.75, 3.05) is 0 Å². The molecule has 0 aliphatic carbocycles. The minimum absolute atomic E-state index is 0. The van der Waals surface area contributed by atoms with E-state index in [-0.39, 0.29) is 22.6 Å². The second kappa shape index (κ2) is 22.6. The number of carboxylic acid groups (broad SMARTS) is 3. The normalized spacial score (nSPS) is 5.36. The molecule has 0 saturated heterocycles. The van der Waals surface area contributed by atoms with Crippen LogP contribution >= 0.6 is 0 Å². The molecule has 0 saturated carbocycles. The number of hydrogen-bond donors (Lipinski definition) is 4. The maximum absolute atomic E-state index is 9.00. The number of rotatable bonds is 0. The summed E-state index contributed by atoms with van der Waals surface area (Å²) in [6, 6.07) is 0. The zero-order chi connectivity index (χ0) is 10.7. The number of aliphatic carboxylic acids is 3. The van der Waals surface area contributed by atoms with E-state index in [0.29, 0.717) is 0 Å². The van der Waals surface area contributed by atoms with Crippen LogP contribution in [0.15, 0.2) is 0 Å². The van der Waals surface area contributed by atoms with Crippen LogP contribution < -0.4 is 6.15 Å². The van der Waals surface area contributed by atoms with E-state index >= 15 is 0 Å². The Balaban J connectivity index is -0.0000000270. The maximum Gasteiger partial charge on any atom is 0.300 e. The first-order chi connectivity index (χ1) is 5.20. The predicted molar refractivity (Wildman–Crippen MR) is 45.0 cm³/mol. The van der Waals surface area contributed by atoms with Gasteiger partial charge in [-0.2, -0.15) is 0 Å². The van der Waals surface area contributed by atoms with Gasteiger partial charge in [-0.15, -0.1) is 0 Å². The first-order valence-electron chi connectivity index (χ1n) is 2.78. The smallest absolute Gasteiger partial charge is 0.300 e. The van der Waals surface area contributed by atoms with E-state index in [1.54, 1.807) is 0 Å². The van der Waals surface area contributed by atoms with Crippen molar-refractivity contribution in [1.29, 1.82) is 0 Å². The molecule has 0 aromatic rings. The molecular formula is C6H15NNiO6. The molecule has 0 aromatic heterocycles. The van der Waals surface area contributed by atoms with E-state index in [0.717, 1.165) is 20.8 Å². The SMILES string of the molecule is CC(=O)O.CC(=O)O.CC(=O)O.N.[Ni]. The monoisotopic (exact) mass is 255 g/mol. The third-order valence-corrected chi connectivity index (χ3v) is 0. The van der Waals surface area contributed by atoms with Crippen LogP contribution in [0.2, 0.25) is 0 Å². The van der Waals surface area contributed by atoms with Crippen LogP contribution in [0.3, 0.4) is 0 Å². The van der Waals surface area contributed by atoms with Gasteiger partial charge in [-0.05, 0) is 0 Å². The van der Waals surface area contributed by atoms with Crippen molar-refractivity contribution in [1.82, 2.24) is 6.15 Å². The fourth-order valence-electron chi connectivity index (χ4n) is 0. The second-order valence-electron chi connectivity index (χ2n) is 1.56. The molecule has 0 spiro atoms. The average Bonchev–Trinajstić information content (AvgIpc) is 1.54. The first kappa shape index (κ1) is 29.3. The van der Waals surface area contributed by atoms with E-state index in [1.807, 2.05) is 0 Å². The molecule has 0 radical (unpaired) electrons. The van der Waals surface area contributed by atoms with Gasteiger partial charge in [0, 0.05) is 37.3 Å². The molecule has 7 nitrogen and oxygen atoms in total. The molecule has 0 fully saturated rings. The van der Waals surface area contributed by atoms with Gasteiger partial charge in [0.25, 0.3) is 17.9 Å². The van der Waals surface area contributed by atoms with Gasteiger partial charge >= 0.3 is 0 Å². The topological polar surface area (TPSA) is 147 Å². The Hall–Kier alpha value is -1.14. The van der Waals surface area contributed by atoms with Crippen LogP contribution in [0.1, 0.15) is 20.8 Å². The minimum atomic E-state index is -0.833. The molecule has 8 heteroatoms. The largest absolute Gasteiger partial charge is 0.481 e. The van der Waals surface area contributed by atoms with E-state index < -0.39 is 17.9 Å². The minimum Gasteiger partial charge on any atom is -0.481 e. The van der Waals surface area contributed by atoms with Crippen LogP contribution in [-0.2, 0) is 30.9 Å². The fourth-order valence-corrected chi connectivity index (χ4v) is 0. The molecule has 0 amide bonds. The van der Waals surface area contributed by atoms with Gasteiger partial charge < -0.3 is 21.5 Å². The van der Waals surface area contributed by atoms with Gasteiger partial charge in [0.15, 0.2) is 0 Å². The second-order valence-corrected chi connectivity index (χ2v) is 1.56. The van der Waals surface area contributed by atoms with Crippen molar-refractivity contribution in [2.45, 2.75) is 20.8 Å². The van der Waals surface area contributed by atoms with Crippen LogP contribution in [0.25, 0.3) is 0 Å². The molecule has 6 N–H and O–H groups in total. The van der Waals surface area contributed by atoms with Crippen molar-refractivity contribution < 1.29 is 46.2 Å². The van der Waals surface area contributed by atoms with Gasteiger partial charge in [0.05, 0.1) is 0 Å². The van der Waals surface area contributed by atoms with Crippen LogP contribution in [0.5, 0.6) is 0 Å². The molecule has 0 aliphatic rings. The summed E-state index contributed by atoms with van der Waals surface area (Å²) >= 11 is 0. The number of carboxylic acids is 3. The molecule has 90 valence electrons. The molecule has 0 aliphatic heterocycles. The Morgan fingerprint density at radius 3 is 0.714 bits per heavy atom. The third kappa shape index (κ3) is 818. The van der Waals surface area contributed by atoms with Gasteiger partial charge in [-0.25, -0.2) is 0 Å². The Labute approximate surface area is 91.6 Å². The predicted octanol–water partition coefficient (Wildman–Crippen LogP) is 0.432. The van der Waals surface area contributed by atoms with Crippen molar-refractivity contribution in [3.05, 3.63) is 0 Å². The van der Waals surface area contributed by atoms with E-state index in [2.05, 4.69) is 0 Å². The zero-order valence-corrected chi connectivity index (χ0v) is 9.08. The quantitative estimate of drug-likeness (QED) is 0.459. The average molecular weight is 256 g/mol. The summed E-state index contributed by atoms with van der Waals surface area (Å²) in [5.41, 5.74) is 0. The molecule has 0 bridgehead atoms. The summed E-state index contributed by atoms with van der Waals surface area (Å²) in [6.07, 6.45) is 0. The molecular weight excluding hydrogens is 241 g/mol. The summed E-state index contributed by atoms with van der Waals surface area (Å²) < 4.78 is 0. The van der Waals surface area contributed by atoms with Crippen LogP contribution in [-0.4, -0.2) is 33.2 Å². The zero-order valence-electron chi connectivity index (χ0n) is 8.09. The maximum atomic E-state index is 9.00. The van der Waals surface area contributed by atoms with E-state index in [4.69, 9.17) is 29.7 Å². The Morgan fingerprint density at radius 2 is 0.714 bits per heavy atom. The molecule has 0 unspecified atom stereocenters.